The molecule has 1 aromatic rings. The van der Waals surface area contributed by atoms with Crippen molar-refractivity contribution in [3.63, 3.8) is 0 Å². The first-order valence-corrected chi connectivity index (χ1v) is 8.77. The van der Waals surface area contributed by atoms with E-state index in [-0.39, 0.29) is 0 Å². The van der Waals surface area contributed by atoms with E-state index in [0.29, 0.717) is 18.0 Å². The maximum atomic E-state index is 4.26. The van der Waals surface area contributed by atoms with Gasteiger partial charge in [-0.1, -0.05) is 38.0 Å². The second-order valence-corrected chi connectivity index (χ2v) is 7.44. The first kappa shape index (κ1) is 15.7. The minimum atomic E-state index is 0.449. The summed E-state index contributed by atoms with van der Waals surface area (Å²) < 4.78 is 0. The zero-order chi connectivity index (χ0) is 14.4. The van der Waals surface area contributed by atoms with Crippen molar-refractivity contribution < 1.29 is 0 Å². The van der Waals surface area contributed by atoms with Crippen LogP contribution in [0.3, 0.4) is 0 Å². The van der Waals surface area contributed by atoms with Gasteiger partial charge in [-0.05, 0) is 38.6 Å². The summed E-state index contributed by atoms with van der Waals surface area (Å²) in [5.74, 6) is 0.642. The van der Waals surface area contributed by atoms with Crippen molar-refractivity contribution in [2.75, 3.05) is 11.9 Å². The lowest BCUT2D eigenvalue weighted by Crippen LogP contribution is -2.33. The van der Waals surface area contributed by atoms with Crippen molar-refractivity contribution in [1.82, 2.24) is 15.5 Å². The smallest absolute Gasteiger partial charge is 0.205 e. The third-order valence-electron chi connectivity index (χ3n) is 3.72. The van der Waals surface area contributed by atoms with Gasteiger partial charge in [0.15, 0.2) is 0 Å². The standard InChI is InChI=1S/C15H28N4S/c1-11(2)9-14-18-19-15(20-14)17-12(3)10-13-7-5-4-6-8-16-13/h11-13,16H,4-10H2,1-3H3,(H,17,19). The zero-order valence-corrected chi connectivity index (χ0v) is 13.8. The van der Waals surface area contributed by atoms with Gasteiger partial charge in [0, 0.05) is 18.5 Å². The number of hydrogen-bond acceptors (Lipinski definition) is 5. The van der Waals surface area contributed by atoms with Gasteiger partial charge in [0.05, 0.1) is 0 Å². The Morgan fingerprint density at radius 3 is 2.90 bits per heavy atom. The number of aromatic nitrogens is 2. The molecule has 2 unspecified atom stereocenters. The monoisotopic (exact) mass is 296 g/mol. The van der Waals surface area contributed by atoms with Gasteiger partial charge in [0.2, 0.25) is 5.13 Å². The van der Waals surface area contributed by atoms with Crippen LogP contribution in [0.15, 0.2) is 0 Å². The number of anilines is 1. The van der Waals surface area contributed by atoms with E-state index in [1.54, 1.807) is 11.3 Å². The average molecular weight is 296 g/mol. The van der Waals surface area contributed by atoms with E-state index in [9.17, 15) is 0 Å². The summed E-state index contributed by atoms with van der Waals surface area (Å²) in [5, 5.41) is 17.8. The first-order chi connectivity index (χ1) is 9.63. The predicted octanol–water partition coefficient (Wildman–Crippen LogP) is 3.46. The van der Waals surface area contributed by atoms with Crippen molar-refractivity contribution in [2.24, 2.45) is 5.92 Å². The van der Waals surface area contributed by atoms with E-state index >= 15 is 0 Å². The normalized spacial score (nSPS) is 21.7. The van der Waals surface area contributed by atoms with Gasteiger partial charge in [-0.3, -0.25) is 0 Å². The molecular weight excluding hydrogens is 268 g/mol. The Labute approximate surface area is 126 Å². The van der Waals surface area contributed by atoms with Crippen molar-refractivity contribution in [3.8, 4) is 0 Å². The molecule has 114 valence electrons. The SMILES string of the molecule is CC(C)Cc1nnc(NC(C)CC2CCCCCN2)s1. The molecule has 0 saturated carbocycles. The summed E-state index contributed by atoms with van der Waals surface area (Å²) in [6.45, 7) is 7.86. The van der Waals surface area contributed by atoms with E-state index in [2.05, 4.69) is 41.6 Å². The number of nitrogens with one attached hydrogen (secondary N) is 2. The van der Waals surface area contributed by atoms with Crippen LogP contribution in [0.4, 0.5) is 5.13 Å². The fourth-order valence-electron chi connectivity index (χ4n) is 2.74. The number of rotatable bonds is 6. The lowest BCUT2D eigenvalue weighted by molar-refractivity contribution is 0.456. The second-order valence-electron chi connectivity index (χ2n) is 6.38. The maximum Gasteiger partial charge on any atom is 0.205 e. The van der Waals surface area contributed by atoms with Crippen LogP contribution in [0.25, 0.3) is 0 Å². The summed E-state index contributed by atoms with van der Waals surface area (Å²) in [7, 11) is 0. The minimum absolute atomic E-state index is 0.449. The Morgan fingerprint density at radius 2 is 2.10 bits per heavy atom. The van der Waals surface area contributed by atoms with Crippen LogP contribution < -0.4 is 10.6 Å². The molecule has 1 saturated heterocycles. The van der Waals surface area contributed by atoms with Crippen molar-refractivity contribution >= 4 is 16.5 Å². The van der Waals surface area contributed by atoms with Crippen LogP contribution >= 0.6 is 11.3 Å². The average Bonchev–Trinajstić information content (AvgIpc) is 2.63. The lowest BCUT2D eigenvalue weighted by Gasteiger charge is -2.20. The lowest BCUT2D eigenvalue weighted by atomic mass is 10.0. The van der Waals surface area contributed by atoms with E-state index in [1.807, 2.05) is 0 Å². The molecule has 20 heavy (non-hydrogen) atoms. The Balaban J connectivity index is 1.78. The van der Waals surface area contributed by atoms with Gasteiger partial charge in [-0.15, -0.1) is 10.2 Å². The zero-order valence-electron chi connectivity index (χ0n) is 13.0. The Bertz CT molecular complexity index is 383. The minimum Gasteiger partial charge on any atom is -0.358 e. The predicted molar refractivity (Wildman–Crippen MR) is 86.4 cm³/mol. The number of nitrogens with zero attached hydrogens (tertiary/aromatic N) is 2. The van der Waals surface area contributed by atoms with Gasteiger partial charge in [0.25, 0.3) is 0 Å². The molecule has 1 aliphatic rings. The summed E-state index contributed by atoms with van der Waals surface area (Å²) in [6.07, 6.45) is 7.56. The van der Waals surface area contributed by atoms with Crippen LogP contribution in [0, 0.1) is 5.92 Å². The van der Waals surface area contributed by atoms with Crippen LogP contribution in [0.5, 0.6) is 0 Å². The molecule has 5 heteroatoms. The van der Waals surface area contributed by atoms with E-state index in [4.69, 9.17) is 0 Å². The van der Waals surface area contributed by atoms with Gasteiger partial charge in [-0.2, -0.15) is 0 Å². The maximum absolute atomic E-state index is 4.26. The molecule has 0 radical (unpaired) electrons. The molecule has 1 fully saturated rings. The summed E-state index contributed by atoms with van der Waals surface area (Å²) in [4.78, 5) is 0. The molecular formula is C15H28N4S. The highest BCUT2D eigenvalue weighted by Gasteiger charge is 2.16. The third kappa shape index (κ3) is 5.37. The molecule has 0 aliphatic carbocycles. The fraction of sp³-hybridized carbons (Fsp3) is 0.867. The van der Waals surface area contributed by atoms with Crippen LogP contribution in [0.1, 0.15) is 57.9 Å². The molecule has 0 bridgehead atoms. The van der Waals surface area contributed by atoms with Gasteiger partial charge in [0.1, 0.15) is 5.01 Å². The van der Waals surface area contributed by atoms with Crippen LogP contribution in [-0.4, -0.2) is 28.8 Å². The van der Waals surface area contributed by atoms with E-state index < -0.39 is 0 Å². The van der Waals surface area contributed by atoms with Crippen LogP contribution in [0.2, 0.25) is 0 Å². The molecule has 2 N–H and O–H groups in total. The first-order valence-electron chi connectivity index (χ1n) is 7.95. The number of hydrogen-bond donors (Lipinski definition) is 2. The molecule has 0 amide bonds. The highest BCUT2D eigenvalue weighted by Crippen LogP contribution is 2.20. The highest BCUT2D eigenvalue weighted by molar-refractivity contribution is 7.15. The molecule has 2 atom stereocenters. The molecule has 2 heterocycles. The molecule has 2 rings (SSSR count). The van der Waals surface area contributed by atoms with Crippen molar-refractivity contribution in [1.29, 1.82) is 0 Å². The summed E-state index contributed by atoms with van der Waals surface area (Å²) in [6, 6.07) is 1.11. The quantitative estimate of drug-likeness (QED) is 0.844. The van der Waals surface area contributed by atoms with Crippen molar-refractivity contribution in [3.05, 3.63) is 5.01 Å². The topological polar surface area (TPSA) is 49.8 Å². The largest absolute Gasteiger partial charge is 0.358 e. The Morgan fingerprint density at radius 1 is 1.25 bits per heavy atom. The van der Waals surface area contributed by atoms with Gasteiger partial charge in [-0.25, -0.2) is 0 Å². The molecule has 0 spiro atoms. The second kappa shape index (κ2) is 7.93. The fourth-order valence-corrected chi connectivity index (χ4v) is 3.81. The highest BCUT2D eigenvalue weighted by atomic mass is 32.1. The van der Waals surface area contributed by atoms with Crippen LogP contribution in [-0.2, 0) is 6.42 Å². The van der Waals surface area contributed by atoms with E-state index in [0.717, 1.165) is 16.6 Å². The molecule has 1 aliphatic heterocycles. The Kier molecular flexibility index (Phi) is 6.23. The van der Waals surface area contributed by atoms with Crippen molar-refractivity contribution in [2.45, 2.75) is 71.4 Å². The third-order valence-corrected chi connectivity index (χ3v) is 4.60. The summed E-state index contributed by atoms with van der Waals surface area (Å²) >= 11 is 1.70. The Hall–Kier alpha value is -0.680. The van der Waals surface area contributed by atoms with E-state index in [1.165, 1.54) is 38.6 Å². The summed E-state index contributed by atoms with van der Waals surface area (Å²) in [5.41, 5.74) is 0. The molecule has 1 aromatic heterocycles. The van der Waals surface area contributed by atoms with Gasteiger partial charge >= 0.3 is 0 Å². The van der Waals surface area contributed by atoms with Gasteiger partial charge < -0.3 is 10.6 Å². The molecule has 0 aromatic carbocycles. The molecule has 4 nitrogen and oxygen atoms in total.